The Morgan fingerprint density at radius 2 is 1.93 bits per heavy atom. The second-order valence-electron chi connectivity index (χ2n) is 5.58. The summed E-state index contributed by atoms with van der Waals surface area (Å²) in [6.07, 6.45) is 1.14. The molecule has 1 nitrogen and oxygen atoms in total. The van der Waals surface area contributed by atoms with Crippen molar-refractivity contribution in [2.24, 2.45) is 11.1 Å². The van der Waals surface area contributed by atoms with E-state index in [1.807, 2.05) is 0 Å². The zero-order valence-electron chi connectivity index (χ0n) is 10.2. The maximum atomic E-state index is 6.07. The molecule has 1 saturated carbocycles. The lowest BCUT2D eigenvalue weighted by atomic mass is 9.56. The highest BCUT2D eigenvalue weighted by Gasteiger charge is 2.46. The standard InChI is InChI=1S/C14H21N/c1-9-5-6-10(2)11(7-9)12-8-13(15)14(12,3)4/h5-7,12-13H,8,15H2,1-4H3. The van der Waals surface area contributed by atoms with Gasteiger partial charge in [0.05, 0.1) is 0 Å². The van der Waals surface area contributed by atoms with E-state index in [4.69, 9.17) is 5.73 Å². The molecule has 0 aliphatic heterocycles. The van der Waals surface area contributed by atoms with Gasteiger partial charge in [-0.1, -0.05) is 37.6 Å². The zero-order chi connectivity index (χ0) is 11.2. The Bertz CT molecular complexity index is 379. The van der Waals surface area contributed by atoms with Crippen LogP contribution in [0.4, 0.5) is 0 Å². The van der Waals surface area contributed by atoms with Crippen LogP contribution in [0.25, 0.3) is 0 Å². The van der Waals surface area contributed by atoms with Crippen molar-refractivity contribution in [3.8, 4) is 0 Å². The van der Waals surface area contributed by atoms with Gasteiger partial charge in [0.2, 0.25) is 0 Å². The van der Waals surface area contributed by atoms with Crippen LogP contribution in [0.1, 0.15) is 42.9 Å². The minimum absolute atomic E-state index is 0.262. The van der Waals surface area contributed by atoms with Gasteiger partial charge in [-0.2, -0.15) is 0 Å². The molecule has 2 unspecified atom stereocenters. The highest BCUT2D eigenvalue weighted by molar-refractivity contribution is 5.37. The van der Waals surface area contributed by atoms with Crippen LogP contribution in [0, 0.1) is 19.3 Å². The molecule has 2 rings (SSSR count). The number of benzene rings is 1. The Labute approximate surface area is 92.7 Å². The molecule has 1 aliphatic rings. The number of nitrogens with two attached hydrogens (primary N) is 1. The molecule has 0 bridgehead atoms. The lowest BCUT2D eigenvalue weighted by Crippen LogP contribution is -2.53. The van der Waals surface area contributed by atoms with Gasteiger partial charge >= 0.3 is 0 Å². The number of rotatable bonds is 1. The van der Waals surface area contributed by atoms with Crippen LogP contribution in [-0.2, 0) is 0 Å². The first-order valence-corrected chi connectivity index (χ1v) is 5.75. The van der Waals surface area contributed by atoms with Crippen LogP contribution in [-0.4, -0.2) is 6.04 Å². The lowest BCUT2D eigenvalue weighted by molar-refractivity contribution is 0.0979. The Morgan fingerprint density at radius 1 is 1.27 bits per heavy atom. The average molecular weight is 203 g/mol. The normalized spacial score (nSPS) is 28.6. The maximum Gasteiger partial charge on any atom is 0.0102 e. The molecule has 0 heterocycles. The molecule has 0 radical (unpaired) electrons. The van der Waals surface area contributed by atoms with Gasteiger partial charge in [-0.15, -0.1) is 0 Å². The summed E-state index contributed by atoms with van der Waals surface area (Å²) in [4.78, 5) is 0. The van der Waals surface area contributed by atoms with Crippen molar-refractivity contribution in [2.75, 3.05) is 0 Å². The molecule has 0 saturated heterocycles. The fourth-order valence-electron chi connectivity index (χ4n) is 2.62. The molecule has 0 aromatic heterocycles. The summed E-state index contributed by atoms with van der Waals surface area (Å²) in [5, 5.41) is 0. The summed E-state index contributed by atoms with van der Waals surface area (Å²) >= 11 is 0. The third-order valence-electron chi connectivity index (χ3n) is 4.15. The van der Waals surface area contributed by atoms with Crippen molar-refractivity contribution >= 4 is 0 Å². The minimum Gasteiger partial charge on any atom is -0.327 e. The predicted octanol–water partition coefficient (Wildman–Crippen LogP) is 3.14. The van der Waals surface area contributed by atoms with Gasteiger partial charge in [0.25, 0.3) is 0 Å². The van der Waals surface area contributed by atoms with E-state index in [1.165, 1.54) is 16.7 Å². The summed E-state index contributed by atoms with van der Waals surface area (Å²) in [5.41, 5.74) is 10.6. The van der Waals surface area contributed by atoms with E-state index in [0.717, 1.165) is 6.42 Å². The van der Waals surface area contributed by atoms with Crippen LogP contribution in [0.3, 0.4) is 0 Å². The Balaban J connectivity index is 2.35. The molecular formula is C14H21N. The van der Waals surface area contributed by atoms with Gasteiger partial charge in [-0.05, 0) is 42.7 Å². The highest BCUT2D eigenvalue weighted by atomic mass is 14.8. The van der Waals surface area contributed by atoms with Gasteiger partial charge < -0.3 is 5.73 Å². The summed E-state index contributed by atoms with van der Waals surface area (Å²) in [7, 11) is 0. The smallest absolute Gasteiger partial charge is 0.0102 e. The van der Waals surface area contributed by atoms with Gasteiger partial charge in [0, 0.05) is 6.04 Å². The molecule has 1 heteroatoms. The number of aryl methyl sites for hydroxylation is 2. The summed E-state index contributed by atoms with van der Waals surface area (Å²) in [5.74, 6) is 0.646. The van der Waals surface area contributed by atoms with E-state index in [-0.39, 0.29) is 5.41 Å². The van der Waals surface area contributed by atoms with Crippen LogP contribution in [0.2, 0.25) is 0 Å². The Hall–Kier alpha value is -0.820. The first-order valence-electron chi connectivity index (χ1n) is 5.75. The topological polar surface area (TPSA) is 26.0 Å². The van der Waals surface area contributed by atoms with E-state index in [9.17, 15) is 0 Å². The highest BCUT2D eigenvalue weighted by Crippen LogP contribution is 2.52. The fourth-order valence-corrected chi connectivity index (χ4v) is 2.62. The van der Waals surface area contributed by atoms with Gasteiger partial charge in [0.1, 0.15) is 0 Å². The largest absolute Gasteiger partial charge is 0.327 e. The van der Waals surface area contributed by atoms with Crippen molar-refractivity contribution < 1.29 is 0 Å². The molecule has 1 aromatic carbocycles. The predicted molar refractivity (Wildman–Crippen MR) is 65.0 cm³/mol. The molecule has 1 fully saturated rings. The van der Waals surface area contributed by atoms with Gasteiger partial charge in [-0.3, -0.25) is 0 Å². The quantitative estimate of drug-likeness (QED) is 0.745. The van der Waals surface area contributed by atoms with E-state index in [0.29, 0.717) is 12.0 Å². The summed E-state index contributed by atoms with van der Waals surface area (Å²) in [6, 6.07) is 7.10. The molecule has 0 spiro atoms. The van der Waals surface area contributed by atoms with Gasteiger partial charge in [0.15, 0.2) is 0 Å². The second-order valence-corrected chi connectivity index (χ2v) is 5.58. The summed E-state index contributed by atoms with van der Waals surface area (Å²) in [6.45, 7) is 8.93. The monoisotopic (exact) mass is 203 g/mol. The van der Waals surface area contributed by atoms with Crippen LogP contribution < -0.4 is 5.73 Å². The van der Waals surface area contributed by atoms with Crippen molar-refractivity contribution in [3.05, 3.63) is 34.9 Å². The zero-order valence-corrected chi connectivity index (χ0v) is 10.2. The molecular weight excluding hydrogens is 182 g/mol. The third kappa shape index (κ3) is 1.59. The van der Waals surface area contributed by atoms with Crippen LogP contribution in [0.5, 0.6) is 0 Å². The molecule has 2 N–H and O–H groups in total. The maximum absolute atomic E-state index is 6.07. The van der Waals surface area contributed by atoms with E-state index >= 15 is 0 Å². The van der Waals surface area contributed by atoms with Crippen molar-refractivity contribution in [1.82, 2.24) is 0 Å². The fraction of sp³-hybridized carbons (Fsp3) is 0.571. The number of hydrogen-bond donors (Lipinski definition) is 1. The van der Waals surface area contributed by atoms with E-state index < -0.39 is 0 Å². The van der Waals surface area contributed by atoms with Crippen molar-refractivity contribution in [1.29, 1.82) is 0 Å². The van der Waals surface area contributed by atoms with Crippen LogP contribution >= 0.6 is 0 Å². The summed E-state index contributed by atoms with van der Waals surface area (Å²) < 4.78 is 0. The minimum atomic E-state index is 0.262. The molecule has 2 atom stereocenters. The third-order valence-corrected chi connectivity index (χ3v) is 4.15. The first kappa shape index (κ1) is 10.7. The van der Waals surface area contributed by atoms with Crippen LogP contribution in [0.15, 0.2) is 18.2 Å². The van der Waals surface area contributed by atoms with Crippen molar-refractivity contribution in [2.45, 2.75) is 46.1 Å². The lowest BCUT2D eigenvalue weighted by Gasteiger charge is -2.51. The molecule has 15 heavy (non-hydrogen) atoms. The molecule has 1 aromatic rings. The second kappa shape index (κ2) is 3.34. The average Bonchev–Trinajstić information content (AvgIpc) is 2.18. The van der Waals surface area contributed by atoms with E-state index in [2.05, 4.69) is 45.9 Å². The first-order chi connectivity index (χ1) is 6.93. The molecule has 1 aliphatic carbocycles. The van der Waals surface area contributed by atoms with Gasteiger partial charge in [-0.25, -0.2) is 0 Å². The molecule has 82 valence electrons. The van der Waals surface area contributed by atoms with E-state index in [1.54, 1.807) is 0 Å². The number of hydrogen-bond acceptors (Lipinski definition) is 1. The van der Waals surface area contributed by atoms with Crippen molar-refractivity contribution in [3.63, 3.8) is 0 Å². The Kier molecular flexibility index (Phi) is 2.38. The molecule has 0 amide bonds. The Morgan fingerprint density at radius 3 is 2.47 bits per heavy atom. The SMILES string of the molecule is Cc1ccc(C)c(C2CC(N)C2(C)C)c1.